The summed E-state index contributed by atoms with van der Waals surface area (Å²) in [7, 11) is 1.90. The van der Waals surface area contributed by atoms with E-state index >= 15 is 0 Å². The molecule has 0 bridgehead atoms. The first-order valence-electron chi connectivity index (χ1n) is 10.6. The van der Waals surface area contributed by atoms with E-state index < -0.39 is 29.8 Å². The first-order valence-corrected chi connectivity index (χ1v) is 10.6. The van der Waals surface area contributed by atoms with Crippen molar-refractivity contribution in [2.45, 2.75) is 53.0 Å². The summed E-state index contributed by atoms with van der Waals surface area (Å²) in [6.07, 6.45) is 1.83. The fourth-order valence-corrected chi connectivity index (χ4v) is 4.82. The average molecular weight is 438 g/mol. The van der Waals surface area contributed by atoms with Crippen LogP contribution in [0, 0.1) is 12.3 Å². The standard InChI is InChI=1S/C24H26N2O6/c1-12-11-24(3,4)22(25-5)17-9-18-15(8-14(12)17)13(2)16(23(30)31-18)10-21(29)32-26-19(27)6-7-20(26)28/h8-9,11,22,25H,6-7,10H2,1-5H3. The highest BCUT2D eigenvalue weighted by Crippen LogP contribution is 2.45. The number of benzene rings is 1. The molecule has 168 valence electrons. The van der Waals surface area contributed by atoms with Crippen molar-refractivity contribution in [2.75, 3.05) is 7.05 Å². The van der Waals surface area contributed by atoms with Gasteiger partial charge in [-0.15, -0.1) is 5.06 Å². The maximum absolute atomic E-state index is 12.7. The molecule has 8 nitrogen and oxygen atoms in total. The SMILES string of the molecule is CNC1c2cc3oc(=O)c(CC(=O)ON4C(=O)CCC4=O)c(C)c3cc2C(C)=CC1(C)C. The first-order chi connectivity index (χ1) is 15.0. The van der Waals surface area contributed by atoms with E-state index in [4.69, 9.17) is 9.25 Å². The van der Waals surface area contributed by atoms with Gasteiger partial charge in [0.25, 0.3) is 11.8 Å². The maximum Gasteiger partial charge on any atom is 0.340 e. The Labute approximate surface area is 185 Å². The van der Waals surface area contributed by atoms with Gasteiger partial charge < -0.3 is 14.6 Å². The van der Waals surface area contributed by atoms with Crippen molar-refractivity contribution in [2.24, 2.45) is 5.41 Å². The fourth-order valence-electron chi connectivity index (χ4n) is 4.82. The molecule has 4 rings (SSSR count). The number of rotatable bonds is 4. The summed E-state index contributed by atoms with van der Waals surface area (Å²) in [5.41, 5.74) is 3.64. The lowest BCUT2D eigenvalue weighted by atomic mass is 9.72. The zero-order valence-corrected chi connectivity index (χ0v) is 18.8. The lowest BCUT2D eigenvalue weighted by Gasteiger charge is -2.38. The van der Waals surface area contributed by atoms with E-state index in [0.29, 0.717) is 16.2 Å². The molecule has 1 aromatic carbocycles. The van der Waals surface area contributed by atoms with E-state index in [2.05, 4.69) is 32.2 Å². The van der Waals surface area contributed by atoms with E-state index in [1.165, 1.54) is 0 Å². The topological polar surface area (TPSA) is 106 Å². The molecule has 1 saturated heterocycles. The van der Waals surface area contributed by atoms with Crippen LogP contribution in [0.2, 0.25) is 0 Å². The number of hydrogen-bond donors (Lipinski definition) is 1. The van der Waals surface area contributed by atoms with Crippen molar-refractivity contribution in [1.29, 1.82) is 0 Å². The van der Waals surface area contributed by atoms with Gasteiger partial charge in [-0.3, -0.25) is 9.59 Å². The predicted octanol–water partition coefficient (Wildman–Crippen LogP) is 2.95. The first kappa shape index (κ1) is 22.0. The molecule has 1 fully saturated rings. The van der Waals surface area contributed by atoms with Crippen LogP contribution in [0.4, 0.5) is 0 Å². The maximum atomic E-state index is 12.7. The monoisotopic (exact) mass is 438 g/mol. The van der Waals surface area contributed by atoms with E-state index in [1.807, 2.05) is 19.2 Å². The number of hydrogen-bond acceptors (Lipinski definition) is 7. The number of carbonyl (C=O) groups excluding carboxylic acids is 3. The minimum Gasteiger partial charge on any atom is -0.422 e. The zero-order valence-electron chi connectivity index (χ0n) is 18.8. The number of carbonyl (C=O) groups is 3. The highest BCUT2D eigenvalue weighted by atomic mass is 16.7. The number of nitrogens with zero attached hydrogens (tertiary/aromatic N) is 1. The Morgan fingerprint density at radius 3 is 2.47 bits per heavy atom. The van der Waals surface area contributed by atoms with E-state index in [-0.39, 0.29) is 29.9 Å². The van der Waals surface area contributed by atoms with Crippen molar-refractivity contribution in [3.05, 3.63) is 50.9 Å². The van der Waals surface area contributed by atoms with Gasteiger partial charge >= 0.3 is 11.6 Å². The molecule has 2 amide bonds. The summed E-state index contributed by atoms with van der Waals surface area (Å²) in [5, 5.41) is 4.56. The van der Waals surface area contributed by atoms with Gasteiger partial charge in [-0.1, -0.05) is 19.9 Å². The third-order valence-electron chi connectivity index (χ3n) is 6.33. The number of allylic oxidation sites excluding steroid dienone is 1. The van der Waals surface area contributed by atoms with Crippen molar-refractivity contribution < 1.29 is 23.6 Å². The summed E-state index contributed by atoms with van der Waals surface area (Å²) in [5.74, 6) is -2.00. The van der Waals surface area contributed by atoms with Gasteiger partial charge in [-0.25, -0.2) is 9.59 Å². The molecule has 8 heteroatoms. The molecule has 2 aromatic rings. The molecule has 1 unspecified atom stereocenters. The summed E-state index contributed by atoms with van der Waals surface area (Å²) in [6, 6.07) is 3.92. The van der Waals surface area contributed by atoms with Gasteiger partial charge in [0, 0.05) is 29.7 Å². The molecule has 1 aliphatic carbocycles. The highest BCUT2D eigenvalue weighted by molar-refractivity contribution is 6.01. The smallest absolute Gasteiger partial charge is 0.340 e. The molecule has 0 radical (unpaired) electrons. The van der Waals surface area contributed by atoms with E-state index in [9.17, 15) is 19.2 Å². The van der Waals surface area contributed by atoms with Crippen molar-refractivity contribution in [3.8, 4) is 0 Å². The third kappa shape index (κ3) is 3.54. The third-order valence-corrected chi connectivity index (χ3v) is 6.33. The van der Waals surface area contributed by atoms with Crippen molar-refractivity contribution in [3.63, 3.8) is 0 Å². The van der Waals surface area contributed by atoms with Crippen LogP contribution in [0.25, 0.3) is 16.5 Å². The van der Waals surface area contributed by atoms with Crippen LogP contribution in [0.15, 0.2) is 27.4 Å². The van der Waals surface area contributed by atoms with Crippen LogP contribution >= 0.6 is 0 Å². The Morgan fingerprint density at radius 2 is 1.84 bits per heavy atom. The van der Waals surface area contributed by atoms with Crippen LogP contribution < -0.4 is 10.9 Å². The molecule has 1 aromatic heterocycles. The number of imide groups is 1. The largest absolute Gasteiger partial charge is 0.422 e. The molecule has 1 atom stereocenters. The second-order valence-corrected chi connectivity index (χ2v) is 9.02. The molecule has 2 heterocycles. The van der Waals surface area contributed by atoms with Gasteiger partial charge in [-0.05, 0) is 55.3 Å². The molecule has 1 N–H and O–H groups in total. The molecule has 0 spiro atoms. The molecule has 1 aliphatic heterocycles. The van der Waals surface area contributed by atoms with Crippen molar-refractivity contribution in [1.82, 2.24) is 10.4 Å². The quantitative estimate of drug-likeness (QED) is 0.578. The van der Waals surface area contributed by atoms with Gasteiger partial charge in [0.15, 0.2) is 0 Å². The molecular weight excluding hydrogens is 412 g/mol. The summed E-state index contributed by atoms with van der Waals surface area (Å²) in [6.45, 7) is 8.10. The van der Waals surface area contributed by atoms with E-state index in [1.54, 1.807) is 6.92 Å². The Morgan fingerprint density at radius 1 is 1.19 bits per heavy atom. The lowest BCUT2D eigenvalue weighted by molar-refractivity contribution is -0.197. The lowest BCUT2D eigenvalue weighted by Crippen LogP contribution is -2.34. The Bertz CT molecular complexity index is 1240. The second kappa shape index (κ2) is 7.70. The summed E-state index contributed by atoms with van der Waals surface area (Å²) >= 11 is 0. The summed E-state index contributed by atoms with van der Waals surface area (Å²) < 4.78 is 5.59. The second-order valence-electron chi connectivity index (χ2n) is 9.02. The number of fused-ring (bicyclic) bond motifs is 2. The zero-order chi connectivity index (χ0) is 23.4. The molecular formula is C24H26N2O6. The van der Waals surface area contributed by atoms with Crippen LogP contribution in [0.5, 0.6) is 0 Å². The van der Waals surface area contributed by atoms with Crippen molar-refractivity contribution >= 4 is 34.3 Å². The average Bonchev–Trinajstić information content (AvgIpc) is 3.02. The molecule has 32 heavy (non-hydrogen) atoms. The van der Waals surface area contributed by atoms with Gasteiger partial charge in [-0.2, -0.15) is 0 Å². The molecule has 2 aliphatic rings. The van der Waals surface area contributed by atoms with Gasteiger partial charge in [0.05, 0.1) is 12.0 Å². The Balaban J connectivity index is 1.74. The fraction of sp³-hybridized carbons (Fsp3) is 0.417. The van der Waals surface area contributed by atoms with Crippen LogP contribution in [0.1, 0.15) is 61.9 Å². The predicted molar refractivity (Wildman–Crippen MR) is 117 cm³/mol. The minimum atomic E-state index is -0.866. The number of nitrogens with one attached hydrogen (secondary N) is 1. The number of hydroxylamine groups is 2. The van der Waals surface area contributed by atoms with Gasteiger partial charge in [0.1, 0.15) is 5.58 Å². The normalized spacial score (nSPS) is 19.8. The van der Waals surface area contributed by atoms with Crippen LogP contribution in [-0.2, 0) is 25.6 Å². The minimum absolute atomic E-state index is 0.00561. The summed E-state index contributed by atoms with van der Waals surface area (Å²) in [4.78, 5) is 53.4. The van der Waals surface area contributed by atoms with Crippen LogP contribution in [-0.4, -0.2) is 29.9 Å². The number of amides is 2. The van der Waals surface area contributed by atoms with E-state index in [0.717, 1.165) is 22.1 Å². The van der Waals surface area contributed by atoms with Gasteiger partial charge in [0.2, 0.25) is 0 Å². The Kier molecular flexibility index (Phi) is 5.29. The highest BCUT2D eigenvalue weighted by Gasteiger charge is 2.35. The number of aryl methyl sites for hydroxylation is 1. The Hall–Kier alpha value is -3.26. The molecule has 0 saturated carbocycles. The van der Waals surface area contributed by atoms with Crippen LogP contribution in [0.3, 0.4) is 0 Å².